The fourth-order valence-electron chi connectivity index (χ4n) is 5.31. The normalized spacial score (nSPS) is 24.8. The average Bonchev–Trinajstić information content (AvgIpc) is 3.51. The minimum atomic E-state index is -1.93. The Kier molecular flexibility index (Phi) is 7.69. The van der Waals surface area contributed by atoms with Gasteiger partial charge in [-0.05, 0) is 49.2 Å². The molecule has 1 N–H and O–H groups in total. The van der Waals surface area contributed by atoms with Gasteiger partial charge in [0.15, 0.2) is 14.1 Å². The molecule has 212 valence electrons. The van der Waals surface area contributed by atoms with E-state index in [2.05, 4.69) is 67.1 Å². The van der Waals surface area contributed by atoms with E-state index in [1.165, 1.54) is 0 Å². The molecule has 5 rings (SSSR count). The van der Waals surface area contributed by atoms with Crippen LogP contribution in [0.3, 0.4) is 0 Å². The Bertz CT molecular complexity index is 1290. The quantitative estimate of drug-likeness (QED) is 0.337. The number of nitrogens with one attached hydrogen (secondary N) is 1. The molecule has 2 saturated heterocycles. The SMILES string of the molecule is COc1nccc2c(C3NC(CO[Si](C)(C)C(C)(C)C)C4OC(C)(C)OC34)cn(COCc3ccccc3)c12. The number of ether oxygens (including phenoxy) is 4. The van der Waals surface area contributed by atoms with Gasteiger partial charge in [0.05, 0.1) is 32.4 Å². The zero-order chi connectivity index (χ0) is 28.0. The molecule has 39 heavy (non-hydrogen) atoms. The Labute approximate surface area is 233 Å². The summed E-state index contributed by atoms with van der Waals surface area (Å²) in [5.74, 6) is -0.0975. The highest BCUT2D eigenvalue weighted by molar-refractivity contribution is 6.74. The fourth-order valence-corrected chi connectivity index (χ4v) is 6.34. The standard InChI is InChI=1S/C30H43N3O5Si/c1-29(2,3)39(7,8)36-18-23-26-27(38-30(4,5)37-26)24(32-23)22-16-33(19-35-17-20-12-10-9-11-13-20)25-21(22)14-15-31-28(25)34-6/h9-16,23-24,26-27,32H,17-19H2,1-8H3. The third kappa shape index (κ3) is 5.66. The van der Waals surface area contributed by atoms with Gasteiger partial charge in [0, 0.05) is 17.8 Å². The van der Waals surface area contributed by atoms with E-state index >= 15 is 0 Å². The van der Waals surface area contributed by atoms with E-state index in [1.54, 1.807) is 13.3 Å². The second kappa shape index (κ2) is 10.6. The molecule has 4 unspecified atom stereocenters. The highest BCUT2D eigenvalue weighted by Crippen LogP contribution is 2.45. The lowest BCUT2D eigenvalue weighted by molar-refractivity contribution is -0.157. The van der Waals surface area contributed by atoms with Crippen LogP contribution < -0.4 is 10.1 Å². The van der Waals surface area contributed by atoms with Crippen molar-refractivity contribution < 1.29 is 23.4 Å². The Hall–Kier alpha value is -2.27. The van der Waals surface area contributed by atoms with Crippen LogP contribution >= 0.6 is 0 Å². The van der Waals surface area contributed by atoms with Gasteiger partial charge in [-0.1, -0.05) is 51.1 Å². The van der Waals surface area contributed by atoms with E-state index in [9.17, 15) is 0 Å². The Morgan fingerprint density at radius 1 is 1.08 bits per heavy atom. The Morgan fingerprint density at radius 3 is 2.49 bits per heavy atom. The van der Waals surface area contributed by atoms with Crippen LogP contribution in [-0.2, 0) is 32.0 Å². The number of hydrogen-bond donors (Lipinski definition) is 1. The van der Waals surface area contributed by atoms with Crippen LogP contribution in [0.15, 0.2) is 48.8 Å². The van der Waals surface area contributed by atoms with Crippen LogP contribution in [0.2, 0.25) is 18.1 Å². The van der Waals surface area contributed by atoms with Crippen LogP contribution in [-0.4, -0.2) is 55.6 Å². The zero-order valence-corrected chi connectivity index (χ0v) is 25.5. The van der Waals surface area contributed by atoms with Crippen molar-refractivity contribution in [2.75, 3.05) is 13.7 Å². The summed E-state index contributed by atoms with van der Waals surface area (Å²) in [6, 6.07) is 12.1. The summed E-state index contributed by atoms with van der Waals surface area (Å²) in [5.41, 5.74) is 3.14. The summed E-state index contributed by atoms with van der Waals surface area (Å²) in [5, 5.41) is 5.02. The molecule has 2 aliphatic rings. The highest BCUT2D eigenvalue weighted by atomic mass is 28.4. The van der Waals surface area contributed by atoms with Crippen LogP contribution in [0.4, 0.5) is 0 Å². The number of hydrogen-bond acceptors (Lipinski definition) is 7. The van der Waals surface area contributed by atoms with Crippen molar-refractivity contribution in [3.05, 3.63) is 59.9 Å². The molecular weight excluding hydrogens is 510 g/mol. The first-order valence-electron chi connectivity index (χ1n) is 13.8. The van der Waals surface area contributed by atoms with E-state index in [0.717, 1.165) is 22.0 Å². The van der Waals surface area contributed by atoms with E-state index in [4.69, 9.17) is 23.4 Å². The van der Waals surface area contributed by atoms with E-state index in [-0.39, 0.29) is 29.3 Å². The van der Waals surface area contributed by atoms with Gasteiger partial charge in [0.2, 0.25) is 5.88 Å². The van der Waals surface area contributed by atoms with Crippen molar-refractivity contribution >= 4 is 19.2 Å². The average molecular weight is 554 g/mol. The predicted octanol–water partition coefficient (Wildman–Crippen LogP) is 5.77. The first kappa shape index (κ1) is 28.3. The minimum absolute atomic E-state index is 0.00682. The molecule has 2 aromatic heterocycles. The van der Waals surface area contributed by atoms with Gasteiger partial charge in [-0.15, -0.1) is 0 Å². The van der Waals surface area contributed by atoms with Crippen molar-refractivity contribution in [3.8, 4) is 5.88 Å². The summed E-state index contributed by atoms with van der Waals surface area (Å²) in [7, 11) is -0.279. The van der Waals surface area contributed by atoms with Crippen molar-refractivity contribution in [1.29, 1.82) is 0 Å². The topological polar surface area (TPSA) is 76.0 Å². The summed E-state index contributed by atoms with van der Waals surface area (Å²) < 4.78 is 33.5. The molecule has 1 aromatic carbocycles. The molecule has 0 amide bonds. The molecule has 0 saturated carbocycles. The summed E-state index contributed by atoms with van der Waals surface area (Å²) in [4.78, 5) is 4.49. The van der Waals surface area contributed by atoms with Crippen molar-refractivity contribution in [2.45, 2.75) is 96.2 Å². The van der Waals surface area contributed by atoms with E-state index in [0.29, 0.717) is 25.8 Å². The number of fused-ring (bicyclic) bond motifs is 2. The van der Waals surface area contributed by atoms with Gasteiger partial charge in [-0.25, -0.2) is 4.98 Å². The van der Waals surface area contributed by atoms with Gasteiger partial charge >= 0.3 is 0 Å². The number of nitrogens with zero attached hydrogens (tertiary/aromatic N) is 2. The van der Waals surface area contributed by atoms with E-state index < -0.39 is 14.1 Å². The van der Waals surface area contributed by atoms with Gasteiger partial charge < -0.3 is 33.3 Å². The molecule has 0 radical (unpaired) electrons. The predicted molar refractivity (Wildman–Crippen MR) is 154 cm³/mol. The molecule has 0 aliphatic carbocycles. The van der Waals surface area contributed by atoms with Crippen LogP contribution in [0.25, 0.3) is 10.9 Å². The number of rotatable bonds is 9. The van der Waals surface area contributed by atoms with Gasteiger partial charge in [-0.2, -0.15) is 0 Å². The maximum Gasteiger partial charge on any atom is 0.238 e. The number of methoxy groups -OCH3 is 1. The third-order valence-corrected chi connectivity index (χ3v) is 12.9. The minimum Gasteiger partial charge on any atom is -0.479 e. The highest BCUT2D eigenvalue weighted by Gasteiger charge is 2.55. The number of pyridine rings is 1. The fraction of sp³-hybridized carbons (Fsp3) is 0.567. The monoisotopic (exact) mass is 553 g/mol. The molecule has 2 aliphatic heterocycles. The molecule has 4 atom stereocenters. The smallest absolute Gasteiger partial charge is 0.238 e. The largest absolute Gasteiger partial charge is 0.479 e. The zero-order valence-electron chi connectivity index (χ0n) is 24.5. The first-order valence-corrected chi connectivity index (χ1v) is 16.7. The van der Waals surface area contributed by atoms with Gasteiger partial charge in [0.25, 0.3) is 0 Å². The molecule has 2 fully saturated rings. The second-order valence-corrected chi connectivity index (χ2v) is 17.4. The molecule has 4 heterocycles. The van der Waals surface area contributed by atoms with Crippen molar-refractivity contribution in [3.63, 3.8) is 0 Å². The van der Waals surface area contributed by atoms with Gasteiger partial charge in [0.1, 0.15) is 24.5 Å². The summed E-state index contributed by atoms with van der Waals surface area (Å²) >= 11 is 0. The Morgan fingerprint density at radius 2 is 1.79 bits per heavy atom. The Balaban J connectivity index is 1.44. The first-order chi connectivity index (χ1) is 18.4. The number of benzene rings is 1. The maximum atomic E-state index is 6.65. The van der Waals surface area contributed by atoms with Crippen LogP contribution in [0, 0.1) is 0 Å². The molecule has 9 heteroatoms. The lowest BCUT2D eigenvalue weighted by Gasteiger charge is -2.37. The lowest BCUT2D eigenvalue weighted by Crippen LogP contribution is -2.47. The molecular formula is C30H43N3O5Si. The molecule has 0 bridgehead atoms. The lowest BCUT2D eigenvalue weighted by atomic mass is 10.0. The molecule has 8 nitrogen and oxygen atoms in total. The van der Waals surface area contributed by atoms with Crippen molar-refractivity contribution in [2.24, 2.45) is 0 Å². The number of aromatic nitrogens is 2. The van der Waals surface area contributed by atoms with Crippen molar-refractivity contribution in [1.82, 2.24) is 14.9 Å². The second-order valence-electron chi connectivity index (χ2n) is 12.6. The summed E-state index contributed by atoms with van der Waals surface area (Å²) in [6.07, 6.45) is 3.66. The molecule has 0 spiro atoms. The maximum absolute atomic E-state index is 6.65. The third-order valence-electron chi connectivity index (χ3n) is 8.37. The van der Waals surface area contributed by atoms with Crippen LogP contribution in [0.5, 0.6) is 5.88 Å². The van der Waals surface area contributed by atoms with Crippen LogP contribution in [0.1, 0.15) is 51.8 Å². The molecule has 3 aromatic rings. The van der Waals surface area contributed by atoms with E-state index in [1.807, 2.05) is 38.1 Å². The summed E-state index contributed by atoms with van der Waals surface area (Å²) in [6.45, 7) is 16.8. The van der Waals surface area contributed by atoms with Gasteiger partial charge in [-0.3, -0.25) is 0 Å².